The maximum atomic E-state index is 12.2. The van der Waals surface area contributed by atoms with Crippen molar-refractivity contribution in [1.29, 1.82) is 0 Å². The van der Waals surface area contributed by atoms with E-state index in [1.165, 1.54) is 11.3 Å². The van der Waals surface area contributed by atoms with Crippen molar-refractivity contribution in [3.63, 3.8) is 0 Å². The molecule has 0 spiro atoms. The Balaban J connectivity index is 1.64. The number of amides is 1. The predicted octanol–water partition coefficient (Wildman–Crippen LogP) is 4.52. The van der Waals surface area contributed by atoms with E-state index in [9.17, 15) is 4.79 Å². The van der Waals surface area contributed by atoms with E-state index in [4.69, 9.17) is 27.9 Å². The zero-order valence-corrected chi connectivity index (χ0v) is 14.6. The molecule has 0 aliphatic rings. The van der Waals surface area contributed by atoms with Gasteiger partial charge in [0.05, 0.1) is 22.3 Å². The monoisotopic (exact) mass is 368 g/mol. The molecular weight excluding hydrogens is 355 g/mol. The van der Waals surface area contributed by atoms with E-state index < -0.39 is 0 Å². The van der Waals surface area contributed by atoms with Crippen molar-refractivity contribution in [1.82, 2.24) is 10.3 Å². The lowest BCUT2D eigenvalue weighted by atomic mass is 10.1. The molecule has 0 fully saturated rings. The Morgan fingerprint density at radius 3 is 2.87 bits per heavy atom. The number of halogens is 2. The number of hydrogen-bond donors (Lipinski definition) is 2. The van der Waals surface area contributed by atoms with Crippen molar-refractivity contribution in [3.8, 4) is 5.75 Å². The first-order valence-electron chi connectivity index (χ1n) is 6.96. The molecule has 4 nitrogen and oxygen atoms in total. The second kappa shape index (κ2) is 6.83. The molecule has 3 aromatic rings. The van der Waals surface area contributed by atoms with Crippen molar-refractivity contribution in [3.05, 3.63) is 50.9 Å². The van der Waals surface area contributed by atoms with Crippen LogP contribution in [0.25, 0.3) is 10.2 Å². The van der Waals surface area contributed by atoms with E-state index >= 15 is 0 Å². The minimum atomic E-state index is -0.171. The van der Waals surface area contributed by atoms with E-state index in [2.05, 4.69) is 10.3 Å². The van der Waals surface area contributed by atoms with Gasteiger partial charge in [0, 0.05) is 6.54 Å². The Morgan fingerprint density at radius 1 is 1.35 bits per heavy atom. The maximum absolute atomic E-state index is 12.2. The minimum absolute atomic E-state index is 0.171. The van der Waals surface area contributed by atoms with E-state index in [1.54, 1.807) is 13.2 Å². The molecule has 2 N–H and O–H groups in total. The lowest BCUT2D eigenvalue weighted by molar-refractivity contribution is 0.0950. The smallest absolute Gasteiger partial charge is 0.267 e. The van der Waals surface area contributed by atoms with Gasteiger partial charge >= 0.3 is 0 Å². The predicted molar refractivity (Wildman–Crippen MR) is 95.2 cm³/mol. The van der Waals surface area contributed by atoms with Gasteiger partial charge in [0.2, 0.25) is 0 Å². The number of nitrogens with one attached hydrogen (secondary N) is 2. The fourth-order valence-electron chi connectivity index (χ4n) is 2.36. The first kappa shape index (κ1) is 16.2. The van der Waals surface area contributed by atoms with Gasteiger partial charge in [-0.05, 0) is 24.1 Å². The molecule has 23 heavy (non-hydrogen) atoms. The Hall–Kier alpha value is -1.69. The van der Waals surface area contributed by atoms with Gasteiger partial charge in [-0.3, -0.25) is 4.79 Å². The molecule has 3 rings (SSSR count). The molecule has 7 heteroatoms. The summed E-state index contributed by atoms with van der Waals surface area (Å²) in [6.07, 6.45) is 0.692. The number of aromatic nitrogens is 1. The molecule has 0 atom stereocenters. The van der Waals surface area contributed by atoms with Crippen LogP contribution in [0.3, 0.4) is 0 Å². The molecule has 0 unspecified atom stereocenters. The normalized spacial score (nSPS) is 10.9. The van der Waals surface area contributed by atoms with Crippen LogP contribution in [0, 0.1) is 0 Å². The molecule has 0 bridgehead atoms. The van der Waals surface area contributed by atoms with E-state index in [0.717, 1.165) is 16.0 Å². The zero-order chi connectivity index (χ0) is 16.4. The van der Waals surface area contributed by atoms with Gasteiger partial charge in [-0.1, -0.05) is 41.4 Å². The Morgan fingerprint density at radius 2 is 2.13 bits per heavy atom. The Kier molecular flexibility index (Phi) is 4.80. The van der Waals surface area contributed by atoms with Crippen molar-refractivity contribution in [2.45, 2.75) is 6.42 Å². The summed E-state index contributed by atoms with van der Waals surface area (Å²) >= 11 is 13.4. The number of carbonyl (C=O) groups excluding carboxylic acids is 1. The van der Waals surface area contributed by atoms with Crippen molar-refractivity contribution >= 4 is 50.7 Å². The Bertz CT molecular complexity index is 857. The summed E-state index contributed by atoms with van der Waals surface area (Å²) in [4.78, 5) is 15.2. The standard InChI is InChI=1S/C16H14Cl2N2O2S/c1-22-11-5-3-2-4-9(11)6-7-19-16(21)10-8-12-14(20-10)13(17)15(18)23-12/h2-5,8,20H,6-7H2,1H3,(H,19,21). The van der Waals surface area contributed by atoms with Gasteiger partial charge in [-0.2, -0.15) is 0 Å². The molecule has 2 aromatic heterocycles. The van der Waals surface area contributed by atoms with E-state index in [-0.39, 0.29) is 5.91 Å². The molecule has 0 aliphatic carbocycles. The summed E-state index contributed by atoms with van der Waals surface area (Å²) in [5.41, 5.74) is 2.24. The SMILES string of the molecule is COc1ccccc1CCNC(=O)c1cc2sc(Cl)c(Cl)c2[nH]1. The molecule has 0 aliphatic heterocycles. The lowest BCUT2D eigenvalue weighted by Crippen LogP contribution is -2.26. The Labute approximate surface area is 147 Å². The highest BCUT2D eigenvalue weighted by atomic mass is 35.5. The first-order valence-corrected chi connectivity index (χ1v) is 8.54. The molecule has 0 radical (unpaired) electrons. The van der Waals surface area contributed by atoms with Gasteiger partial charge in [-0.25, -0.2) is 0 Å². The summed E-state index contributed by atoms with van der Waals surface area (Å²) < 4.78 is 6.69. The van der Waals surface area contributed by atoms with E-state index in [0.29, 0.717) is 33.5 Å². The van der Waals surface area contributed by atoms with Gasteiger partial charge < -0.3 is 15.0 Å². The molecule has 0 saturated carbocycles. The number of thiophene rings is 1. The third-order valence-electron chi connectivity index (χ3n) is 3.49. The van der Waals surface area contributed by atoms with Crippen LogP contribution >= 0.6 is 34.5 Å². The van der Waals surface area contributed by atoms with Crippen LogP contribution in [0.5, 0.6) is 5.75 Å². The highest BCUT2D eigenvalue weighted by molar-refractivity contribution is 7.23. The first-order chi connectivity index (χ1) is 11.1. The second-order valence-electron chi connectivity index (χ2n) is 4.93. The number of ether oxygens (including phenoxy) is 1. The topological polar surface area (TPSA) is 54.1 Å². The van der Waals surface area contributed by atoms with Crippen molar-refractivity contribution < 1.29 is 9.53 Å². The third-order valence-corrected chi connectivity index (χ3v) is 5.42. The van der Waals surface area contributed by atoms with Gasteiger partial charge in [0.1, 0.15) is 15.8 Å². The molecule has 1 amide bonds. The van der Waals surface area contributed by atoms with Crippen LogP contribution in [0.2, 0.25) is 9.36 Å². The number of fused-ring (bicyclic) bond motifs is 1. The summed E-state index contributed by atoms with van der Waals surface area (Å²) in [6, 6.07) is 9.52. The van der Waals surface area contributed by atoms with Gasteiger partial charge in [0.15, 0.2) is 0 Å². The minimum Gasteiger partial charge on any atom is -0.496 e. The van der Waals surface area contributed by atoms with Crippen LogP contribution in [-0.2, 0) is 6.42 Å². The molecule has 0 saturated heterocycles. The summed E-state index contributed by atoms with van der Waals surface area (Å²) in [5.74, 6) is 0.652. The molecule has 120 valence electrons. The van der Waals surface area contributed by atoms with Crippen LogP contribution in [0.15, 0.2) is 30.3 Å². The quantitative estimate of drug-likeness (QED) is 0.695. The number of hydrogen-bond acceptors (Lipinski definition) is 3. The summed E-state index contributed by atoms with van der Waals surface area (Å²) in [6.45, 7) is 0.514. The third kappa shape index (κ3) is 3.32. The number of H-pyrrole nitrogens is 1. The zero-order valence-electron chi connectivity index (χ0n) is 12.3. The van der Waals surface area contributed by atoms with Crippen LogP contribution < -0.4 is 10.1 Å². The second-order valence-corrected chi connectivity index (χ2v) is 6.96. The largest absolute Gasteiger partial charge is 0.496 e. The molecular formula is C16H14Cl2N2O2S. The van der Waals surface area contributed by atoms with Crippen LogP contribution in [-0.4, -0.2) is 24.5 Å². The van der Waals surface area contributed by atoms with Crippen molar-refractivity contribution in [2.75, 3.05) is 13.7 Å². The molecule has 2 heterocycles. The fraction of sp³-hybridized carbons (Fsp3) is 0.188. The lowest BCUT2D eigenvalue weighted by Gasteiger charge is -2.08. The number of aromatic amines is 1. The number of benzene rings is 1. The van der Waals surface area contributed by atoms with Crippen molar-refractivity contribution in [2.24, 2.45) is 0 Å². The molecule has 1 aromatic carbocycles. The summed E-state index contributed by atoms with van der Waals surface area (Å²) in [7, 11) is 1.64. The average Bonchev–Trinajstić information content (AvgIpc) is 3.08. The number of rotatable bonds is 5. The maximum Gasteiger partial charge on any atom is 0.267 e. The number of methoxy groups -OCH3 is 1. The van der Waals surface area contributed by atoms with Crippen LogP contribution in [0.1, 0.15) is 16.1 Å². The fourth-order valence-corrected chi connectivity index (χ4v) is 3.84. The highest BCUT2D eigenvalue weighted by Crippen LogP contribution is 2.38. The number of carbonyl (C=O) groups is 1. The van der Waals surface area contributed by atoms with Gasteiger partial charge in [-0.15, -0.1) is 11.3 Å². The highest BCUT2D eigenvalue weighted by Gasteiger charge is 2.15. The average molecular weight is 369 g/mol. The van der Waals surface area contributed by atoms with E-state index in [1.807, 2.05) is 24.3 Å². The summed E-state index contributed by atoms with van der Waals surface area (Å²) in [5, 5.41) is 3.34. The number of para-hydroxylation sites is 1. The van der Waals surface area contributed by atoms with Gasteiger partial charge in [0.25, 0.3) is 5.91 Å². The van der Waals surface area contributed by atoms with Crippen LogP contribution in [0.4, 0.5) is 0 Å².